The molecule has 1 aromatic rings. The van der Waals surface area contributed by atoms with Gasteiger partial charge in [0.05, 0.1) is 13.2 Å². The molecule has 236 valence electrons. The van der Waals surface area contributed by atoms with E-state index >= 15 is 0 Å². The van der Waals surface area contributed by atoms with Crippen LogP contribution in [0.1, 0.15) is 13.2 Å². The molecule has 0 bridgehead atoms. The highest BCUT2D eigenvalue weighted by molar-refractivity contribution is 7.60. The van der Waals surface area contributed by atoms with Crippen molar-refractivity contribution in [2.75, 3.05) is 19.1 Å². The van der Waals surface area contributed by atoms with Crippen molar-refractivity contribution in [1.82, 2.24) is 14.6 Å². The Morgan fingerprint density at radius 2 is 1.61 bits per heavy atom. The first kappa shape index (κ1) is 35.1. The second kappa shape index (κ2) is 13.9. The fourth-order valence-corrected chi connectivity index (χ4v) is 5.21. The van der Waals surface area contributed by atoms with Crippen LogP contribution in [0.3, 0.4) is 0 Å². The lowest BCUT2D eigenvalue weighted by atomic mass is 9.97. The minimum absolute atomic E-state index is 0.224. The summed E-state index contributed by atoms with van der Waals surface area (Å²) in [7, 11) is -10.5. The van der Waals surface area contributed by atoms with Crippen molar-refractivity contribution in [3.8, 4) is 0 Å². The quantitative estimate of drug-likeness (QED) is 0.0929. The van der Waals surface area contributed by atoms with E-state index in [-0.39, 0.29) is 4.68 Å². The number of aliphatic hydroxyl groups excluding tert-OH is 6. The lowest BCUT2D eigenvalue weighted by molar-refractivity contribution is -0.253. The average molecular weight is 640 g/mol. The molecule has 41 heavy (non-hydrogen) atoms. The number of ether oxygens (including phenoxy) is 2. The molecule has 2 fully saturated rings. The van der Waals surface area contributed by atoms with Crippen molar-refractivity contribution >= 4 is 21.6 Å². The molecule has 0 saturated carbocycles. The predicted octanol–water partition coefficient (Wildman–Crippen LogP) is -6.51. The number of rotatable bonds is 8. The number of nitrogens with two attached hydrogens (primary N) is 1. The van der Waals surface area contributed by atoms with E-state index in [0.717, 1.165) is 12.3 Å². The fraction of sp³-hybridized carbons (Fsp3) is 0.706. The normalized spacial score (nSPS) is 33.4. The monoisotopic (exact) mass is 640 g/mol. The van der Waals surface area contributed by atoms with Crippen molar-refractivity contribution < 1.29 is 77.6 Å². The molecule has 22 nitrogen and oxygen atoms in total. The number of aromatic nitrogens is 2. The Balaban J connectivity index is 0.000000333. The van der Waals surface area contributed by atoms with Gasteiger partial charge in [0, 0.05) is 19.2 Å². The lowest BCUT2D eigenvalue weighted by Gasteiger charge is -2.40. The summed E-state index contributed by atoms with van der Waals surface area (Å²) >= 11 is 0. The van der Waals surface area contributed by atoms with E-state index in [9.17, 15) is 49.0 Å². The van der Waals surface area contributed by atoms with Gasteiger partial charge in [-0.15, -0.1) is 0 Å². The zero-order valence-electron chi connectivity index (χ0n) is 20.8. The number of amides is 1. The minimum Gasteiger partial charge on any atom is -0.394 e. The van der Waals surface area contributed by atoms with Crippen LogP contribution in [-0.2, 0) is 32.2 Å². The highest BCUT2D eigenvalue weighted by Crippen LogP contribution is 2.57. The molecular weight excluding hydrogens is 610 g/mol. The topological polar surface area (TPSA) is 352 Å². The highest BCUT2D eigenvalue weighted by atomic mass is 31.3. The summed E-state index contributed by atoms with van der Waals surface area (Å²) in [5.74, 6) is 4.76. The van der Waals surface area contributed by atoms with Crippen LogP contribution in [0.5, 0.6) is 0 Å². The summed E-state index contributed by atoms with van der Waals surface area (Å²) in [5.41, 5.74) is -1.91. The van der Waals surface area contributed by atoms with Crippen molar-refractivity contribution in [3.63, 3.8) is 0 Å². The number of phosphoric acid groups is 2. The van der Waals surface area contributed by atoms with Gasteiger partial charge in [-0.1, -0.05) is 0 Å². The first-order valence-electron chi connectivity index (χ1n) is 11.2. The molecule has 2 unspecified atom stereocenters. The molecule has 0 spiro atoms. The highest BCUT2D eigenvalue weighted by Gasteiger charge is 2.46. The van der Waals surface area contributed by atoms with Crippen LogP contribution in [0.15, 0.2) is 21.9 Å². The van der Waals surface area contributed by atoms with Crippen molar-refractivity contribution in [2.24, 2.45) is 0 Å². The molecule has 1 amide bonds. The van der Waals surface area contributed by atoms with Gasteiger partial charge in [-0.2, -0.15) is 8.99 Å². The van der Waals surface area contributed by atoms with E-state index in [4.69, 9.17) is 35.1 Å². The third kappa shape index (κ3) is 9.19. The van der Waals surface area contributed by atoms with E-state index in [2.05, 4.69) is 14.2 Å². The van der Waals surface area contributed by atoms with E-state index in [1.165, 1.54) is 6.92 Å². The Morgan fingerprint density at radius 3 is 2.15 bits per heavy atom. The summed E-state index contributed by atoms with van der Waals surface area (Å²) in [6.45, 7) is -0.244. The van der Waals surface area contributed by atoms with Gasteiger partial charge in [-0.3, -0.25) is 18.7 Å². The van der Waals surface area contributed by atoms with Crippen LogP contribution in [-0.4, -0.2) is 123 Å². The van der Waals surface area contributed by atoms with Crippen molar-refractivity contribution in [3.05, 3.63) is 33.1 Å². The van der Waals surface area contributed by atoms with Crippen LogP contribution < -0.4 is 22.4 Å². The maximum absolute atomic E-state index is 11.9. The Hall–Kier alpha value is -2.11. The summed E-state index contributed by atoms with van der Waals surface area (Å²) in [6, 6.07) is -0.205. The Kier molecular flexibility index (Phi) is 11.9. The fourth-order valence-electron chi connectivity index (χ4n) is 3.61. The second-order valence-corrected chi connectivity index (χ2v) is 11.4. The lowest BCUT2D eigenvalue weighted by Crippen LogP contribution is -2.63. The van der Waals surface area contributed by atoms with Gasteiger partial charge < -0.3 is 66.0 Å². The van der Waals surface area contributed by atoms with Crippen LogP contribution in [0.25, 0.3) is 0 Å². The number of nitrogen functional groups attached to an aromatic ring is 1. The number of hydrogen-bond acceptors (Lipinski definition) is 16. The van der Waals surface area contributed by atoms with Gasteiger partial charge in [0.25, 0.3) is 5.56 Å². The van der Waals surface area contributed by atoms with Gasteiger partial charge in [-0.05, 0) is 0 Å². The molecule has 0 aliphatic carbocycles. The summed E-state index contributed by atoms with van der Waals surface area (Å²) < 4.78 is 40.7. The van der Waals surface area contributed by atoms with Gasteiger partial charge in [0.1, 0.15) is 42.7 Å². The maximum Gasteiger partial charge on any atom is 0.481 e. The third-order valence-electron chi connectivity index (χ3n) is 5.54. The van der Waals surface area contributed by atoms with Crippen LogP contribution >= 0.6 is 15.6 Å². The van der Waals surface area contributed by atoms with Gasteiger partial charge in [0.2, 0.25) is 5.91 Å². The maximum atomic E-state index is 11.9. The Morgan fingerprint density at radius 1 is 1.02 bits per heavy atom. The second-order valence-electron chi connectivity index (χ2n) is 8.55. The first-order chi connectivity index (χ1) is 18.8. The molecule has 3 heterocycles. The zero-order chi connectivity index (χ0) is 31.4. The average Bonchev–Trinajstić information content (AvgIpc) is 3.13. The molecular formula is C17H30N4O18P2. The summed E-state index contributed by atoms with van der Waals surface area (Å²) in [4.78, 5) is 60.1. The number of nitrogens with zero attached hydrogens (tertiary/aromatic N) is 2. The van der Waals surface area contributed by atoms with Crippen LogP contribution in [0, 0.1) is 0 Å². The number of phosphoric ester groups is 1. The van der Waals surface area contributed by atoms with E-state index in [1.54, 1.807) is 0 Å². The molecule has 2 aliphatic rings. The minimum atomic E-state index is -5.34. The molecule has 2 saturated heterocycles. The van der Waals surface area contributed by atoms with E-state index < -0.39 is 101 Å². The molecule has 3 rings (SSSR count). The zero-order valence-corrected chi connectivity index (χ0v) is 22.6. The molecule has 24 heteroatoms. The van der Waals surface area contributed by atoms with E-state index in [1.807, 2.05) is 0 Å². The SMILES string of the molecule is CC(=O)N[C@H]1C(O)O[C@H](CO)[C@@H](O)[C@@H]1O.Nn1c(=O)ccn([C@@H]2O[C@H](COP(=O)(O)OP(=O)(O)O)[C@@H](O)[C@H]2O)c1=O. The molecule has 12 N–H and O–H groups in total. The van der Waals surface area contributed by atoms with Crippen LogP contribution in [0.2, 0.25) is 0 Å². The molecule has 0 radical (unpaired) electrons. The smallest absolute Gasteiger partial charge is 0.394 e. The largest absolute Gasteiger partial charge is 0.481 e. The Labute approximate surface area is 228 Å². The van der Waals surface area contributed by atoms with Crippen molar-refractivity contribution in [2.45, 2.75) is 62.1 Å². The number of carbonyl (C=O) groups is 1. The molecule has 0 aromatic carbocycles. The number of carbonyl (C=O) groups excluding carboxylic acids is 1. The first-order valence-corrected chi connectivity index (χ1v) is 14.2. The van der Waals surface area contributed by atoms with Crippen molar-refractivity contribution in [1.29, 1.82) is 0 Å². The third-order valence-corrected chi connectivity index (χ3v) is 7.69. The summed E-state index contributed by atoms with van der Waals surface area (Å²) in [5, 5.41) is 59.3. The number of hydrogen-bond donors (Lipinski definition) is 11. The van der Waals surface area contributed by atoms with Crippen LogP contribution in [0.4, 0.5) is 0 Å². The summed E-state index contributed by atoms with van der Waals surface area (Å²) in [6.07, 6.45) is -10.7. The molecule has 1 aromatic heterocycles. The molecule has 10 atom stereocenters. The number of aliphatic hydroxyl groups is 6. The Bertz CT molecular complexity index is 1270. The predicted molar refractivity (Wildman–Crippen MR) is 128 cm³/mol. The van der Waals surface area contributed by atoms with E-state index in [0.29, 0.717) is 4.57 Å². The molecule has 2 aliphatic heterocycles. The number of nitrogens with one attached hydrogen (secondary N) is 1. The van der Waals surface area contributed by atoms with Gasteiger partial charge >= 0.3 is 21.3 Å². The van der Waals surface area contributed by atoms with Gasteiger partial charge in [0.15, 0.2) is 12.5 Å². The van der Waals surface area contributed by atoms with Gasteiger partial charge in [-0.25, -0.2) is 13.9 Å². The standard InChI is InChI=1S/C9H15N3O12P2.C8H15NO6/c10-12-5(13)1-2-11(9(12)16)8-7(15)6(14)4(23-8)3-22-26(20,21)24-25(17,18)19;1-3(11)9-5-7(13)6(12)4(2-10)15-8(5)14/h1-2,4,6-8,14-15H,3,10H2,(H,20,21)(H2,17,18,19);4-8,10,12-14H,2H2,1H3,(H,9,11)/t4-,6-,7-,8-;4-,5-,6-,7-,8?/m11/s1.